The molecule has 2 fully saturated rings. The van der Waals surface area contributed by atoms with Crippen LogP contribution in [0.2, 0.25) is 0 Å². The number of ketones is 1. The van der Waals surface area contributed by atoms with Crippen LogP contribution in [0.3, 0.4) is 0 Å². The van der Waals surface area contributed by atoms with Crippen molar-refractivity contribution in [3.05, 3.63) is 41.0 Å². The van der Waals surface area contributed by atoms with Gasteiger partial charge in [0.15, 0.2) is 23.0 Å². The third-order valence-corrected chi connectivity index (χ3v) is 7.26. The molecule has 0 spiro atoms. The minimum absolute atomic E-state index is 0.0266. The van der Waals surface area contributed by atoms with Gasteiger partial charge in [-0.1, -0.05) is 0 Å². The summed E-state index contributed by atoms with van der Waals surface area (Å²) in [5.41, 5.74) is 0.589. The molecule has 3 aliphatic heterocycles. The number of ether oxygens (including phenoxy) is 7. The lowest BCUT2D eigenvalue weighted by atomic mass is 9.93. The molecule has 0 aliphatic carbocycles. The molecular weight excluding hydrogens is 524 g/mol. The van der Waals surface area contributed by atoms with Crippen LogP contribution in [0.4, 0.5) is 0 Å². The molecule has 0 bridgehead atoms. The molecule has 0 aromatic heterocycles. The number of methoxy groups -OCH3 is 4. The van der Waals surface area contributed by atoms with Crippen LogP contribution in [0.25, 0.3) is 5.76 Å². The first-order valence-electron chi connectivity index (χ1n) is 12.8. The second kappa shape index (κ2) is 11.5. The molecule has 2 saturated heterocycles. The number of aliphatic hydroxyl groups is 1. The molecule has 1 unspecified atom stereocenters. The lowest BCUT2D eigenvalue weighted by Crippen LogP contribution is -2.42. The number of amides is 1. The number of nitrogens with zero attached hydrogens (tertiary/aromatic N) is 2. The molecule has 40 heavy (non-hydrogen) atoms. The molecule has 1 atom stereocenters. The molecule has 1 amide bonds. The number of aliphatic hydroxyl groups excluding tert-OH is 1. The van der Waals surface area contributed by atoms with E-state index in [1.54, 1.807) is 24.3 Å². The highest BCUT2D eigenvalue weighted by atomic mass is 16.7. The zero-order valence-electron chi connectivity index (χ0n) is 22.9. The van der Waals surface area contributed by atoms with Crippen LogP contribution >= 0.6 is 0 Å². The monoisotopic (exact) mass is 556 g/mol. The van der Waals surface area contributed by atoms with E-state index in [1.807, 2.05) is 0 Å². The summed E-state index contributed by atoms with van der Waals surface area (Å²) in [6, 6.07) is 5.40. The van der Waals surface area contributed by atoms with Gasteiger partial charge < -0.3 is 43.2 Å². The van der Waals surface area contributed by atoms with E-state index in [0.29, 0.717) is 61.4 Å². The van der Waals surface area contributed by atoms with Crippen LogP contribution in [0, 0.1) is 0 Å². The molecule has 3 aliphatic rings. The van der Waals surface area contributed by atoms with Gasteiger partial charge in [0.2, 0.25) is 18.3 Å². The standard InChI is InChI=1S/C28H32N2O10/c1-34-18-6-5-16(13-19(18)35-2)23(31)21-22(17-14-20-26(40-15-39-20)27(37-4)25(17)36-3)30(28(33)24(21)32)8-7-29-9-11-38-12-10-29/h5-6,13-14,22,31H,7-12,15H2,1-4H3/b23-21+. The minimum atomic E-state index is -1.01. The minimum Gasteiger partial charge on any atom is -0.507 e. The van der Waals surface area contributed by atoms with Crippen LogP contribution in [-0.4, -0.2) is 101 Å². The Hall–Kier alpha value is -4.16. The number of rotatable bonds is 9. The number of morpholine rings is 1. The van der Waals surface area contributed by atoms with Crippen LogP contribution in [0.5, 0.6) is 34.5 Å². The number of fused-ring (bicyclic) bond motifs is 1. The Morgan fingerprint density at radius 3 is 2.33 bits per heavy atom. The highest BCUT2D eigenvalue weighted by molar-refractivity contribution is 6.46. The lowest BCUT2D eigenvalue weighted by molar-refractivity contribution is -0.140. The van der Waals surface area contributed by atoms with Gasteiger partial charge in [-0.2, -0.15) is 0 Å². The van der Waals surface area contributed by atoms with Gasteiger partial charge in [-0.15, -0.1) is 0 Å². The fourth-order valence-corrected chi connectivity index (χ4v) is 5.26. The smallest absolute Gasteiger partial charge is 0.295 e. The molecule has 2 aromatic carbocycles. The molecule has 12 heteroatoms. The van der Waals surface area contributed by atoms with E-state index in [2.05, 4.69) is 4.90 Å². The SMILES string of the molecule is COc1ccc(/C(O)=C2\C(=O)C(=O)N(CCN3CCOCC3)C2c2cc3c(c(OC)c2OC)OCO3)cc1OC. The Kier molecular flexibility index (Phi) is 7.90. The molecule has 2 aromatic rings. The second-order valence-electron chi connectivity index (χ2n) is 9.28. The molecule has 0 radical (unpaired) electrons. The van der Waals surface area contributed by atoms with Gasteiger partial charge >= 0.3 is 0 Å². The summed E-state index contributed by atoms with van der Waals surface area (Å²) in [6.45, 7) is 3.30. The van der Waals surface area contributed by atoms with Crippen molar-refractivity contribution in [3.63, 3.8) is 0 Å². The molecule has 5 rings (SSSR count). The molecule has 214 valence electrons. The molecule has 0 saturated carbocycles. The van der Waals surface area contributed by atoms with Crippen LogP contribution < -0.4 is 28.4 Å². The number of benzene rings is 2. The van der Waals surface area contributed by atoms with Gasteiger partial charge in [0.1, 0.15) is 5.76 Å². The summed E-state index contributed by atoms with van der Waals surface area (Å²) in [4.78, 5) is 30.7. The Morgan fingerprint density at radius 2 is 1.65 bits per heavy atom. The number of hydrogen-bond acceptors (Lipinski definition) is 11. The van der Waals surface area contributed by atoms with E-state index >= 15 is 0 Å². The predicted molar refractivity (Wildman–Crippen MR) is 141 cm³/mol. The van der Waals surface area contributed by atoms with Crippen LogP contribution in [-0.2, 0) is 14.3 Å². The summed E-state index contributed by atoms with van der Waals surface area (Å²) in [6.07, 6.45) is 0. The first-order chi connectivity index (χ1) is 19.4. The fourth-order valence-electron chi connectivity index (χ4n) is 5.26. The second-order valence-corrected chi connectivity index (χ2v) is 9.28. The summed E-state index contributed by atoms with van der Waals surface area (Å²) < 4.78 is 38.7. The number of Topliss-reactive ketones (excluding diaryl/α,β-unsaturated/α-hetero) is 1. The Balaban J connectivity index is 1.67. The largest absolute Gasteiger partial charge is 0.507 e. The van der Waals surface area contributed by atoms with Crippen molar-refractivity contribution < 1.29 is 47.9 Å². The molecular formula is C28H32N2O10. The summed E-state index contributed by atoms with van der Waals surface area (Å²) in [7, 11) is 5.88. The fraction of sp³-hybridized carbons (Fsp3) is 0.429. The van der Waals surface area contributed by atoms with Crippen molar-refractivity contribution in [2.45, 2.75) is 6.04 Å². The zero-order valence-corrected chi connectivity index (χ0v) is 22.9. The Labute approximate surface area is 231 Å². The zero-order chi connectivity index (χ0) is 28.4. The maximum absolute atomic E-state index is 13.6. The highest BCUT2D eigenvalue weighted by Gasteiger charge is 2.48. The van der Waals surface area contributed by atoms with Gasteiger partial charge in [-0.3, -0.25) is 14.5 Å². The van der Waals surface area contributed by atoms with E-state index in [0.717, 1.165) is 0 Å². The molecule has 1 N–H and O–H groups in total. The number of carbonyl (C=O) groups excluding carboxylic acids is 2. The van der Waals surface area contributed by atoms with Crippen molar-refractivity contribution in [2.75, 3.05) is 74.6 Å². The Bertz CT molecular complexity index is 1330. The van der Waals surface area contributed by atoms with Gasteiger partial charge in [-0.05, 0) is 24.3 Å². The van der Waals surface area contributed by atoms with Crippen LogP contribution in [0.15, 0.2) is 29.8 Å². The van der Waals surface area contributed by atoms with E-state index in [4.69, 9.17) is 33.2 Å². The molecule has 12 nitrogen and oxygen atoms in total. The number of carbonyl (C=O) groups is 2. The Morgan fingerprint density at radius 1 is 0.925 bits per heavy atom. The van der Waals surface area contributed by atoms with Gasteiger partial charge in [0.05, 0.1) is 53.3 Å². The lowest BCUT2D eigenvalue weighted by Gasteiger charge is -2.31. The van der Waals surface area contributed by atoms with Crippen LogP contribution in [0.1, 0.15) is 17.2 Å². The van der Waals surface area contributed by atoms with Crippen molar-refractivity contribution in [1.82, 2.24) is 9.80 Å². The average molecular weight is 557 g/mol. The van der Waals surface area contributed by atoms with Crippen molar-refractivity contribution in [3.8, 4) is 34.5 Å². The predicted octanol–water partition coefficient (Wildman–Crippen LogP) is 2.20. The van der Waals surface area contributed by atoms with Crippen molar-refractivity contribution >= 4 is 17.4 Å². The average Bonchev–Trinajstić information content (AvgIpc) is 3.56. The van der Waals surface area contributed by atoms with Crippen molar-refractivity contribution in [1.29, 1.82) is 0 Å². The van der Waals surface area contributed by atoms with Gasteiger partial charge in [-0.25, -0.2) is 0 Å². The maximum Gasteiger partial charge on any atom is 0.295 e. The number of likely N-dealkylation sites (tertiary alicyclic amines) is 1. The van der Waals surface area contributed by atoms with Gasteiger partial charge in [0, 0.05) is 37.3 Å². The first-order valence-corrected chi connectivity index (χ1v) is 12.8. The highest BCUT2D eigenvalue weighted by Crippen LogP contribution is 2.54. The topological polar surface area (TPSA) is 125 Å². The quantitative estimate of drug-likeness (QED) is 0.278. The van der Waals surface area contributed by atoms with E-state index in [-0.39, 0.29) is 41.7 Å². The third-order valence-electron chi connectivity index (χ3n) is 7.26. The van der Waals surface area contributed by atoms with Crippen molar-refractivity contribution in [2.24, 2.45) is 0 Å². The van der Waals surface area contributed by atoms with E-state index < -0.39 is 17.7 Å². The third kappa shape index (κ3) is 4.73. The van der Waals surface area contributed by atoms with E-state index in [1.165, 1.54) is 33.3 Å². The summed E-state index contributed by atoms with van der Waals surface area (Å²) >= 11 is 0. The normalized spacial score (nSPS) is 20.1. The van der Waals surface area contributed by atoms with Gasteiger partial charge in [0.25, 0.3) is 11.7 Å². The molecule has 3 heterocycles. The summed E-state index contributed by atoms with van der Waals surface area (Å²) in [5.74, 6) is 0.126. The first kappa shape index (κ1) is 27.4. The maximum atomic E-state index is 13.6. The number of hydrogen-bond donors (Lipinski definition) is 1. The van der Waals surface area contributed by atoms with E-state index in [9.17, 15) is 14.7 Å². The summed E-state index contributed by atoms with van der Waals surface area (Å²) in [5, 5.41) is 11.6.